The van der Waals surface area contributed by atoms with Crippen LogP contribution in [0.1, 0.15) is 44.9 Å². The zero-order valence-electron chi connectivity index (χ0n) is 11.6. The number of rotatable bonds is 4. The van der Waals surface area contributed by atoms with E-state index in [1.807, 2.05) is 0 Å². The molecule has 1 aromatic rings. The van der Waals surface area contributed by atoms with E-state index in [4.69, 9.17) is 4.42 Å². The van der Waals surface area contributed by atoms with Gasteiger partial charge in [0.2, 0.25) is 11.8 Å². The summed E-state index contributed by atoms with van der Waals surface area (Å²) in [5.74, 6) is 1.26. The fraction of sp³-hybridized carbons (Fsp3) is 0.833. The molecular weight excluding hydrogens is 266 g/mol. The molecular formula is C12H21N3O3S. The zero-order chi connectivity index (χ0) is 14.1. The second kappa shape index (κ2) is 5.20. The molecule has 0 bridgehead atoms. The van der Waals surface area contributed by atoms with Gasteiger partial charge >= 0.3 is 0 Å². The van der Waals surface area contributed by atoms with Gasteiger partial charge in [0, 0.05) is 18.5 Å². The van der Waals surface area contributed by atoms with E-state index in [9.17, 15) is 8.42 Å². The Morgan fingerprint density at radius 2 is 2.11 bits per heavy atom. The second-order valence-corrected chi connectivity index (χ2v) is 8.29. The van der Waals surface area contributed by atoms with Crippen molar-refractivity contribution in [2.24, 2.45) is 0 Å². The molecule has 19 heavy (non-hydrogen) atoms. The Morgan fingerprint density at radius 1 is 1.37 bits per heavy atom. The van der Waals surface area contributed by atoms with Crippen LogP contribution in [0.15, 0.2) is 4.42 Å². The fourth-order valence-corrected chi connectivity index (χ4v) is 3.80. The average Bonchev–Trinajstić information content (AvgIpc) is 2.83. The number of nitrogens with zero attached hydrogens (tertiary/aromatic N) is 2. The summed E-state index contributed by atoms with van der Waals surface area (Å²) >= 11 is 0. The zero-order valence-corrected chi connectivity index (χ0v) is 12.5. The maximum absolute atomic E-state index is 11.4. The van der Waals surface area contributed by atoms with E-state index in [1.165, 1.54) is 0 Å². The van der Waals surface area contributed by atoms with Gasteiger partial charge in [0.25, 0.3) is 0 Å². The highest BCUT2D eigenvalue weighted by Gasteiger charge is 2.32. The number of sulfone groups is 1. The van der Waals surface area contributed by atoms with Crippen LogP contribution in [0.3, 0.4) is 0 Å². The van der Waals surface area contributed by atoms with E-state index in [0.717, 1.165) is 6.54 Å². The lowest BCUT2D eigenvalue weighted by molar-refractivity contribution is 0.393. The lowest BCUT2D eigenvalue weighted by Gasteiger charge is -2.19. The van der Waals surface area contributed by atoms with E-state index in [2.05, 4.69) is 36.3 Å². The summed E-state index contributed by atoms with van der Waals surface area (Å²) in [5.41, 5.74) is 0.0579. The average molecular weight is 287 g/mol. The quantitative estimate of drug-likeness (QED) is 0.885. The highest BCUT2D eigenvalue weighted by Crippen LogP contribution is 2.27. The van der Waals surface area contributed by atoms with Crippen LogP contribution in [-0.2, 0) is 16.3 Å². The first-order chi connectivity index (χ1) is 8.75. The van der Waals surface area contributed by atoms with Crippen LogP contribution >= 0.6 is 0 Å². The first kappa shape index (κ1) is 14.5. The standard InChI is InChI=1S/C12H21N3O3S/c1-12(2,3)13-6-4-10-14-15-11(18-10)9-5-7-19(16,17)8-9/h9,13H,4-8H2,1-3H3. The number of hydrogen-bond donors (Lipinski definition) is 1. The summed E-state index contributed by atoms with van der Waals surface area (Å²) in [4.78, 5) is 0. The number of aromatic nitrogens is 2. The summed E-state index contributed by atoms with van der Waals surface area (Å²) in [5, 5.41) is 11.3. The van der Waals surface area contributed by atoms with Crippen molar-refractivity contribution in [1.29, 1.82) is 0 Å². The molecule has 7 heteroatoms. The minimum absolute atomic E-state index is 0.0579. The normalized spacial score (nSPS) is 22.8. The smallest absolute Gasteiger partial charge is 0.220 e. The summed E-state index contributed by atoms with van der Waals surface area (Å²) in [6.45, 7) is 7.04. The topological polar surface area (TPSA) is 85.1 Å². The van der Waals surface area contributed by atoms with Gasteiger partial charge in [-0.05, 0) is 27.2 Å². The van der Waals surface area contributed by atoms with Gasteiger partial charge in [-0.2, -0.15) is 0 Å². The number of hydrogen-bond acceptors (Lipinski definition) is 6. The maximum Gasteiger partial charge on any atom is 0.220 e. The molecule has 108 valence electrons. The third-order valence-corrected chi connectivity index (χ3v) is 4.83. The summed E-state index contributed by atoms with van der Waals surface area (Å²) in [6.07, 6.45) is 1.24. The van der Waals surface area contributed by atoms with E-state index in [-0.39, 0.29) is 23.0 Å². The first-order valence-electron chi connectivity index (χ1n) is 6.53. The fourth-order valence-electron chi connectivity index (χ4n) is 2.07. The van der Waals surface area contributed by atoms with Crippen molar-refractivity contribution < 1.29 is 12.8 Å². The molecule has 0 amide bonds. The van der Waals surface area contributed by atoms with E-state index >= 15 is 0 Å². The predicted molar refractivity (Wildman–Crippen MR) is 71.8 cm³/mol. The Labute approximate surface area is 113 Å². The molecule has 0 aliphatic carbocycles. The van der Waals surface area contributed by atoms with Crippen molar-refractivity contribution in [1.82, 2.24) is 15.5 Å². The van der Waals surface area contributed by atoms with Crippen molar-refractivity contribution in [2.45, 2.75) is 45.1 Å². The van der Waals surface area contributed by atoms with Crippen LogP contribution in [0.25, 0.3) is 0 Å². The van der Waals surface area contributed by atoms with Crippen molar-refractivity contribution in [3.63, 3.8) is 0 Å². The molecule has 1 fully saturated rings. The van der Waals surface area contributed by atoms with Crippen LogP contribution < -0.4 is 5.32 Å². The Kier molecular flexibility index (Phi) is 3.96. The van der Waals surface area contributed by atoms with Crippen LogP contribution in [-0.4, -0.2) is 42.2 Å². The molecule has 1 aliphatic heterocycles. The molecule has 1 atom stereocenters. The van der Waals surface area contributed by atoms with Gasteiger partial charge in [-0.15, -0.1) is 10.2 Å². The van der Waals surface area contributed by atoms with Gasteiger partial charge in [0.05, 0.1) is 17.4 Å². The molecule has 1 aromatic heterocycles. The second-order valence-electron chi connectivity index (χ2n) is 6.06. The molecule has 0 radical (unpaired) electrons. The Hall–Kier alpha value is -0.950. The van der Waals surface area contributed by atoms with Crippen LogP contribution in [0, 0.1) is 0 Å². The molecule has 0 spiro atoms. The number of nitrogens with one attached hydrogen (secondary N) is 1. The third-order valence-electron chi connectivity index (χ3n) is 3.06. The molecule has 1 aliphatic rings. The van der Waals surface area contributed by atoms with Crippen LogP contribution in [0.5, 0.6) is 0 Å². The van der Waals surface area contributed by atoms with Crippen molar-refractivity contribution in [2.75, 3.05) is 18.1 Å². The van der Waals surface area contributed by atoms with Gasteiger partial charge in [-0.25, -0.2) is 8.42 Å². The molecule has 2 rings (SSSR count). The van der Waals surface area contributed by atoms with Crippen molar-refractivity contribution >= 4 is 9.84 Å². The minimum Gasteiger partial charge on any atom is -0.425 e. The molecule has 1 unspecified atom stereocenters. The van der Waals surface area contributed by atoms with Gasteiger partial charge in [-0.1, -0.05) is 0 Å². The monoisotopic (exact) mass is 287 g/mol. The SMILES string of the molecule is CC(C)(C)NCCc1nnc(C2CCS(=O)(=O)C2)o1. The summed E-state index contributed by atoms with van der Waals surface area (Å²) in [7, 11) is -2.91. The predicted octanol–water partition coefficient (Wildman–Crippen LogP) is 0.902. The molecule has 2 heterocycles. The molecule has 1 saturated heterocycles. The highest BCUT2D eigenvalue weighted by molar-refractivity contribution is 7.91. The van der Waals surface area contributed by atoms with Crippen LogP contribution in [0.4, 0.5) is 0 Å². The van der Waals surface area contributed by atoms with E-state index in [1.54, 1.807) is 0 Å². The highest BCUT2D eigenvalue weighted by atomic mass is 32.2. The largest absolute Gasteiger partial charge is 0.425 e. The van der Waals surface area contributed by atoms with E-state index < -0.39 is 9.84 Å². The van der Waals surface area contributed by atoms with Crippen molar-refractivity contribution in [3.8, 4) is 0 Å². The first-order valence-corrected chi connectivity index (χ1v) is 8.35. The molecule has 1 N–H and O–H groups in total. The molecule has 6 nitrogen and oxygen atoms in total. The van der Waals surface area contributed by atoms with Gasteiger partial charge in [0.15, 0.2) is 9.84 Å². The Morgan fingerprint density at radius 3 is 2.68 bits per heavy atom. The van der Waals surface area contributed by atoms with Gasteiger partial charge in [0.1, 0.15) is 0 Å². The van der Waals surface area contributed by atoms with Gasteiger partial charge in [-0.3, -0.25) is 0 Å². The van der Waals surface area contributed by atoms with Gasteiger partial charge < -0.3 is 9.73 Å². The summed E-state index contributed by atoms with van der Waals surface area (Å²) < 4.78 is 28.4. The Bertz CT molecular complexity index is 531. The lowest BCUT2D eigenvalue weighted by atomic mass is 10.1. The minimum atomic E-state index is -2.91. The summed E-state index contributed by atoms with van der Waals surface area (Å²) in [6, 6.07) is 0. The maximum atomic E-state index is 11.4. The van der Waals surface area contributed by atoms with E-state index in [0.29, 0.717) is 24.6 Å². The molecule has 0 saturated carbocycles. The van der Waals surface area contributed by atoms with Crippen molar-refractivity contribution in [3.05, 3.63) is 11.8 Å². The van der Waals surface area contributed by atoms with Crippen LogP contribution in [0.2, 0.25) is 0 Å². The third kappa shape index (κ3) is 4.28. The Balaban J connectivity index is 1.89. The molecule has 0 aromatic carbocycles. The lowest BCUT2D eigenvalue weighted by Crippen LogP contribution is -2.37.